The fourth-order valence-corrected chi connectivity index (χ4v) is 4.07. The molecular formula is C20H31N3O. The van der Waals surface area contributed by atoms with Gasteiger partial charge in [0.05, 0.1) is 6.04 Å². The maximum atomic E-state index is 12.7. The van der Waals surface area contributed by atoms with Crippen molar-refractivity contribution in [3.63, 3.8) is 0 Å². The molecular weight excluding hydrogens is 298 g/mol. The molecule has 24 heavy (non-hydrogen) atoms. The van der Waals surface area contributed by atoms with E-state index in [0.717, 1.165) is 39.0 Å². The molecule has 2 fully saturated rings. The molecule has 0 aromatic heterocycles. The molecule has 1 aromatic carbocycles. The average Bonchev–Trinajstić information content (AvgIpc) is 2.68. The fourth-order valence-electron chi connectivity index (χ4n) is 4.07. The Balaban J connectivity index is 1.51. The number of benzene rings is 1. The van der Waals surface area contributed by atoms with Crippen LogP contribution in [0.1, 0.15) is 39.0 Å². The topological polar surface area (TPSA) is 26.8 Å². The molecule has 0 saturated carbocycles. The number of carbonyl (C=O) groups excluding carboxylic acids is 1. The minimum atomic E-state index is 0.0334. The summed E-state index contributed by atoms with van der Waals surface area (Å²) < 4.78 is 0. The van der Waals surface area contributed by atoms with Crippen molar-refractivity contribution in [3.8, 4) is 0 Å². The summed E-state index contributed by atoms with van der Waals surface area (Å²) in [5, 5.41) is 0. The van der Waals surface area contributed by atoms with Crippen LogP contribution in [0.25, 0.3) is 0 Å². The van der Waals surface area contributed by atoms with E-state index in [0.29, 0.717) is 11.9 Å². The van der Waals surface area contributed by atoms with Crippen LogP contribution in [0.3, 0.4) is 0 Å². The van der Waals surface area contributed by atoms with Crippen LogP contribution in [0.4, 0.5) is 5.69 Å². The van der Waals surface area contributed by atoms with E-state index in [1.165, 1.54) is 24.9 Å². The maximum absolute atomic E-state index is 12.7. The maximum Gasteiger partial charge on any atom is 0.239 e. The van der Waals surface area contributed by atoms with E-state index in [-0.39, 0.29) is 6.04 Å². The minimum Gasteiger partial charge on any atom is -0.372 e. The summed E-state index contributed by atoms with van der Waals surface area (Å²) in [4.78, 5) is 19.6. The second-order valence-electron chi connectivity index (χ2n) is 7.28. The van der Waals surface area contributed by atoms with Gasteiger partial charge in [-0.3, -0.25) is 9.69 Å². The summed E-state index contributed by atoms with van der Waals surface area (Å²) in [5.41, 5.74) is 1.29. The average molecular weight is 329 g/mol. The molecule has 1 aromatic rings. The van der Waals surface area contributed by atoms with Gasteiger partial charge in [0, 0.05) is 45.0 Å². The van der Waals surface area contributed by atoms with Gasteiger partial charge in [0.1, 0.15) is 0 Å². The Kier molecular flexibility index (Phi) is 5.77. The highest BCUT2D eigenvalue weighted by Crippen LogP contribution is 2.23. The molecule has 2 aliphatic rings. The lowest BCUT2D eigenvalue weighted by Crippen LogP contribution is -2.53. The largest absolute Gasteiger partial charge is 0.372 e. The smallest absolute Gasteiger partial charge is 0.239 e. The first-order valence-corrected chi connectivity index (χ1v) is 9.47. The number of hydrogen-bond acceptors (Lipinski definition) is 3. The van der Waals surface area contributed by atoms with Crippen molar-refractivity contribution in [2.45, 2.75) is 51.1 Å². The number of hydrogen-bond donors (Lipinski definition) is 0. The molecule has 0 spiro atoms. The van der Waals surface area contributed by atoms with Gasteiger partial charge < -0.3 is 9.80 Å². The number of carbonyl (C=O) groups is 1. The minimum absolute atomic E-state index is 0.0334. The molecule has 0 radical (unpaired) electrons. The van der Waals surface area contributed by atoms with E-state index >= 15 is 0 Å². The van der Waals surface area contributed by atoms with Gasteiger partial charge in [-0.1, -0.05) is 18.2 Å². The summed E-state index contributed by atoms with van der Waals surface area (Å²) in [6.07, 6.45) is 5.87. The van der Waals surface area contributed by atoms with Crippen molar-refractivity contribution in [2.24, 2.45) is 0 Å². The first-order chi connectivity index (χ1) is 11.7. The van der Waals surface area contributed by atoms with Crippen molar-refractivity contribution < 1.29 is 4.79 Å². The molecule has 4 nitrogen and oxygen atoms in total. The summed E-state index contributed by atoms with van der Waals surface area (Å²) in [6, 6.07) is 11.2. The van der Waals surface area contributed by atoms with Crippen LogP contribution in [0.2, 0.25) is 0 Å². The van der Waals surface area contributed by atoms with Crippen LogP contribution in [0, 0.1) is 0 Å². The number of piperidine rings is 2. The Bertz CT molecular complexity index is 519. The zero-order valence-electron chi connectivity index (χ0n) is 15.2. The molecule has 3 rings (SSSR count). The third kappa shape index (κ3) is 3.92. The number of amides is 1. The third-order valence-corrected chi connectivity index (χ3v) is 5.78. The van der Waals surface area contributed by atoms with Gasteiger partial charge in [-0.25, -0.2) is 0 Å². The van der Waals surface area contributed by atoms with Gasteiger partial charge in [0.2, 0.25) is 5.91 Å². The fraction of sp³-hybridized carbons (Fsp3) is 0.650. The summed E-state index contributed by atoms with van der Waals surface area (Å²) in [5.74, 6) is 0.338. The van der Waals surface area contributed by atoms with Crippen molar-refractivity contribution in [1.82, 2.24) is 9.80 Å². The van der Waals surface area contributed by atoms with Crippen LogP contribution in [-0.2, 0) is 4.79 Å². The van der Waals surface area contributed by atoms with E-state index < -0.39 is 0 Å². The first-order valence-electron chi connectivity index (χ1n) is 9.47. The molecule has 0 bridgehead atoms. The van der Waals surface area contributed by atoms with E-state index in [4.69, 9.17) is 0 Å². The van der Waals surface area contributed by atoms with Crippen LogP contribution in [0.15, 0.2) is 30.3 Å². The SMILES string of the molecule is CC(C(=O)N1CCCCC1)N1CCC(N(C)c2ccccc2)CC1. The van der Waals surface area contributed by atoms with E-state index in [1.807, 2.05) is 0 Å². The second-order valence-corrected chi connectivity index (χ2v) is 7.28. The monoisotopic (exact) mass is 329 g/mol. The number of rotatable bonds is 4. The summed E-state index contributed by atoms with van der Waals surface area (Å²) in [7, 11) is 2.19. The summed E-state index contributed by atoms with van der Waals surface area (Å²) in [6.45, 7) is 6.04. The van der Waals surface area contributed by atoms with Crippen LogP contribution < -0.4 is 4.90 Å². The number of nitrogens with zero attached hydrogens (tertiary/aromatic N) is 3. The van der Waals surface area contributed by atoms with Gasteiger partial charge in [0.15, 0.2) is 0 Å². The first kappa shape index (κ1) is 17.3. The van der Waals surface area contributed by atoms with Crippen LogP contribution in [0.5, 0.6) is 0 Å². The molecule has 0 N–H and O–H groups in total. The molecule has 1 unspecified atom stereocenters. The summed E-state index contributed by atoms with van der Waals surface area (Å²) >= 11 is 0. The lowest BCUT2D eigenvalue weighted by atomic mass is 10.0. The molecule has 2 heterocycles. The Morgan fingerprint density at radius 2 is 1.67 bits per heavy atom. The second kappa shape index (κ2) is 8.02. The highest BCUT2D eigenvalue weighted by molar-refractivity contribution is 5.81. The van der Waals surface area contributed by atoms with Crippen LogP contribution in [-0.4, -0.2) is 61.0 Å². The predicted molar refractivity (Wildman–Crippen MR) is 99.3 cm³/mol. The van der Waals surface area contributed by atoms with Crippen molar-refractivity contribution in [3.05, 3.63) is 30.3 Å². The quantitative estimate of drug-likeness (QED) is 0.850. The standard InChI is InChI=1S/C20H31N3O/c1-17(20(24)23-13-7-4-8-14-23)22-15-11-19(12-16-22)21(2)18-9-5-3-6-10-18/h3,5-6,9-10,17,19H,4,7-8,11-16H2,1-2H3. The highest BCUT2D eigenvalue weighted by atomic mass is 16.2. The lowest BCUT2D eigenvalue weighted by Gasteiger charge is -2.41. The lowest BCUT2D eigenvalue weighted by molar-refractivity contribution is -0.137. The normalized spacial score (nSPS) is 21.5. The van der Waals surface area contributed by atoms with Gasteiger partial charge in [0.25, 0.3) is 0 Å². The van der Waals surface area contributed by atoms with Gasteiger partial charge in [-0.05, 0) is 51.2 Å². The van der Waals surface area contributed by atoms with Gasteiger partial charge in [-0.15, -0.1) is 0 Å². The predicted octanol–water partition coefficient (Wildman–Crippen LogP) is 2.99. The number of anilines is 1. The Morgan fingerprint density at radius 1 is 1.04 bits per heavy atom. The molecule has 0 aliphatic carbocycles. The van der Waals surface area contributed by atoms with E-state index in [9.17, 15) is 4.79 Å². The van der Waals surface area contributed by atoms with Crippen molar-refractivity contribution >= 4 is 11.6 Å². The zero-order valence-corrected chi connectivity index (χ0v) is 15.2. The molecule has 2 aliphatic heterocycles. The third-order valence-electron chi connectivity index (χ3n) is 5.78. The van der Waals surface area contributed by atoms with Crippen molar-refractivity contribution in [2.75, 3.05) is 38.1 Å². The van der Waals surface area contributed by atoms with E-state index in [2.05, 4.69) is 59.0 Å². The van der Waals surface area contributed by atoms with Gasteiger partial charge >= 0.3 is 0 Å². The molecule has 4 heteroatoms. The molecule has 1 amide bonds. The molecule has 2 saturated heterocycles. The Labute approximate surface area is 146 Å². The van der Waals surface area contributed by atoms with E-state index in [1.54, 1.807) is 0 Å². The highest BCUT2D eigenvalue weighted by Gasteiger charge is 2.31. The van der Waals surface area contributed by atoms with Gasteiger partial charge in [-0.2, -0.15) is 0 Å². The number of para-hydroxylation sites is 1. The molecule has 1 atom stereocenters. The number of likely N-dealkylation sites (tertiary alicyclic amines) is 2. The zero-order chi connectivity index (χ0) is 16.9. The van der Waals surface area contributed by atoms with Crippen molar-refractivity contribution in [1.29, 1.82) is 0 Å². The van der Waals surface area contributed by atoms with Crippen LogP contribution >= 0.6 is 0 Å². The molecule has 132 valence electrons. The Hall–Kier alpha value is -1.55. The Morgan fingerprint density at radius 3 is 2.29 bits per heavy atom.